The Morgan fingerprint density at radius 3 is 2.45 bits per heavy atom. The molecule has 0 radical (unpaired) electrons. The summed E-state index contributed by atoms with van der Waals surface area (Å²) in [6.07, 6.45) is 1.85. The molecule has 0 bridgehead atoms. The topological polar surface area (TPSA) is 19.4 Å². The summed E-state index contributed by atoms with van der Waals surface area (Å²) >= 11 is 1.69. The Morgan fingerprint density at radius 1 is 1.15 bits per heavy atom. The largest absolute Gasteiger partial charge is 0.346 e. The van der Waals surface area contributed by atoms with Crippen molar-refractivity contribution in [3.63, 3.8) is 0 Å². The maximum atomic E-state index is 13.0. The average Bonchev–Trinajstić information content (AvgIpc) is 3.02. The lowest BCUT2D eigenvalue weighted by Crippen LogP contribution is -2.47. The average molecular weight is 291 g/mol. The summed E-state index contributed by atoms with van der Waals surface area (Å²) < 4.78 is 13.0. The van der Waals surface area contributed by atoms with Crippen LogP contribution < -0.4 is 4.90 Å². The van der Waals surface area contributed by atoms with E-state index < -0.39 is 0 Å². The molecule has 1 aliphatic heterocycles. The van der Waals surface area contributed by atoms with Gasteiger partial charge in [-0.1, -0.05) is 12.1 Å². The van der Waals surface area contributed by atoms with Crippen molar-refractivity contribution < 1.29 is 4.39 Å². The molecule has 1 fully saturated rings. The minimum Gasteiger partial charge on any atom is -0.346 e. The van der Waals surface area contributed by atoms with Gasteiger partial charge >= 0.3 is 0 Å². The number of thiazole rings is 1. The van der Waals surface area contributed by atoms with E-state index in [0.717, 1.165) is 31.3 Å². The SMILES string of the molecule is C[C@H](c1ccc(F)cc1)N1CCN(c2nccs2)CC1. The number of piperazine rings is 1. The molecule has 1 atom stereocenters. The molecule has 0 aliphatic carbocycles. The highest BCUT2D eigenvalue weighted by atomic mass is 32.1. The van der Waals surface area contributed by atoms with Gasteiger partial charge in [-0.3, -0.25) is 4.90 Å². The Hall–Kier alpha value is -1.46. The van der Waals surface area contributed by atoms with E-state index in [4.69, 9.17) is 0 Å². The first kappa shape index (κ1) is 13.5. The highest BCUT2D eigenvalue weighted by Crippen LogP contribution is 2.24. The normalized spacial score (nSPS) is 18.2. The summed E-state index contributed by atoms with van der Waals surface area (Å²) in [5.74, 6) is -0.172. The first-order chi connectivity index (χ1) is 9.74. The van der Waals surface area contributed by atoms with Crippen LogP contribution in [0.1, 0.15) is 18.5 Å². The highest BCUT2D eigenvalue weighted by Gasteiger charge is 2.23. The van der Waals surface area contributed by atoms with Crippen molar-refractivity contribution >= 4 is 16.5 Å². The number of nitrogens with zero attached hydrogens (tertiary/aromatic N) is 3. The van der Waals surface area contributed by atoms with Gasteiger partial charge in [0.2, 0.25) is 0 Å². The monoisotopic (exact) mass is 291 g/mol. The number of rotatable bonds is 3. The lowest BCUT2D eigenvalue weighted by molar-refractivity contribution is 0.198. The van der Waals surface area contributed by atoms with Crippen molar-refractivity contribution in [2.24, 2.45) is 0 Å². The van der Waals surface area contributed by atoms with Gasteiger partial charge in [0.1, 0.15) is 5.82 Å². The number of aromatic nitrogens is 1. The van der Waals surface area contributed by atoms with Crippen LogP contribution in [0.3, 0.4) is 0 Å². The van der Waals surface area contributed by atoms with Crippen LogP contribution in [0.5, 0.6) is 0 Å². The molecule has 0 spiro atoms. The van der Waals surface area contributed by atoms with E-state index in [1.165, 1.54) is 17.7 Å². The van der Waals surface area contributed by atoms with E-state index in [2.05, 4.69) is 21.7 Å². The van der Waals surface area contributed by atoms with E-state index in [1.54, 1.807) is 11.3 Å². The molecule has 20 heavy (non-hydrogen) atoms. The van der Waals surface area contributed by atoms with Crippen LogP contribution in [0.2, 0.25) is 0 Å². The molecule has 5 heteroatoms. The predicted octanol–water partition coefficient (Wildman–Crippen LogP) is 3.17. The second-order valence-electron chi connectivity index (χ2n) is 5.07. The Morgan fingerprint density at radius 2 is 1.85 bits per heavy atom. The second-order valence-corrected chi connectivity index (χ2v) is 5.94. The third-order valence-corrected chi connectivity index (χ3v) is 4.74. The Bertz CT molecular complexity index is 533. The van der Waals surface area contributed by atoms with Crippen LogP contribution >= 0.6 is 11.3 Å². The lowest BCUT2D eigenvalue weighted by Gasteiger charge is -2.38. The Labute approximate surface area is 122 Å². The molecule has 106 valence electrons. The molecule has 3 nitrogen and oxygen atoms in total. The van der Waals surface area contributed by atoms with Gasteiger partial charge in [-0.05, 0) is 24.6 Å². The van der Waals surface area contributed by atoms with Crippen molar-refractivity contribution in [3.8, 4) is 0 Å². The van der Waals surface area contributed by atoms with Crippen LogP contribution in [0.4, 0.5) is 9.52 Å². The number of anilines is 1. The van der Waals surface area contributed by atoms with Crippen LogP contribution in [-0.2, 0) is 0 Å². The molecule has 0 unspecified atom stereocenters. The minimum absolute atomic E-state index is 0.172. The third-order valence-electron chi connectivity index (χ3n) is 3.90. The summed E-state index contributed by atoms with van der Waals surface area (Å²) in [6, 6.07) is 7.17. The molecule has 1 aromatic carbocycles. The second kappa shape index (κ2) is 5.89. The quantitative estimate of drug-likeness (QED) is 0.866. The van der Waals surface area contributed by atoms with E-state index in [1.807, 2.05) is 23.7 Å². The maximum Gasteiger partial charge on any atom is 0.185 e. The van der Waals surface area contributed by atoms with Crippen LogP contribution in [-0.4, -0.2) is 36.1 Å². The zero-order chi connectivity index (χ0) is 13.9. The highest BCUT2D eigenvalue weighted by molar-refractivity contribution is 7.13. The predicted molar refractivity (Wildman–Crippen MR) is 80.7 cm³/mol. The van der Waals surface area contributed by atoms with E-state index >= 15 is 0 Å². The summed E-state index contributed by atoms with van der Waals surface area (Å²) in [5, 5.41) is 3.13. The molecule has 1 aromatic heterocycles. The summed E-state index contributed by atoms with van der Waals surface area (Å²) in [6.45, 7) is 6.21. The van der Waals surface area contributed by atoms with Crippen molar-refractivity contribution in [1.82, 2.24) is 9.88 Å². The zero-order valence-corrected chi connectivity index (χ0v) is 12.3. The molecule has 0 N–H and O–H groups in total. The van der Waals surface area contributed by atoms with Gasteiger partial charge in [0.25, 0.3) is 0 Å². The van der Waals surface area contributed by atoms with E-state index in [-0.39, 0.29) is 5.82 Å². The fourth-order valence-electron chi connectivity index (χ4n) is 2.62. The fourth-order valence-corrected chi connectivity index (χ4v) is 3.32. The molecule has 1 saturated heterocycles. The molecule has 1 aliphatic rings. The van der Waals surface area contributed by atoms with E-state index in [9.17, 15) is 4.39 Å². The molecule has 0 amide bonds. The van der Waals surface area contributed by atoms with Crippen molar-refractivity contribution in [2.45, 2.75) is 13.0 Å². The zero-order valence-electron chi connectivity index (χ0n) is 11.5. The minimum atomic E-state index is -0.172. The first-order valence-electron chi connectivity index (χ1n) is 6.88. The van der Waals surface area contributed by atoms with Crippen LogP contribution in [0.15, 0.2) is 35.8 Å². The number of hydrogen-bond donors (Lipinski definition) is 0. The maximum absolute atomic E-state index is 13.0. The van der Waals surface area contributed by atoms with Crippen molar-refractivity contribution in [3.05, 3.63) is 47.2 Å². The summed E-state index contributed by atoms with van der Waals surface area (Å²) in [7, 11) is 0. The third kappa shape index (κ3) is 2.83. The molecular weight excluding hydrogens is 273 g/mol. The first-order valence-corrected chi connectivity index (χ1v) is 7.76. The number of halogens is 1. The number of benzene rings is 1. The van der Waals surface area contributed by atoms with Gasteiger partial charge in [-0.15, -0.1) is 11.3 Å². The Kier molecular flexibility index (Phi) is 3.98. The number of hydrogen-bond acceptors (Lipinski definition) is 4. The smallest absolute Gasteiger partial charge is 0.185 e. The molecule has 0 saturated carbocycles. The molecule has 2 heterocycles. The Balaban J connectivity index is 1.61. The summed E-state index contributed by atoms with van der Waals surface area (Å²) in [4.78, 5) is 9.14. The standard InChI is InChI=1S/C15H18FN3S/c1-12(13-2-4-14(16)5-3-13)18-7-9-19(10-8-18)15-17-6-11-20-15/h2-6,11-12H,7-10H2,1H3/t12-/m1/s1. The van der Waals surface area contributed by atoms with Gasteiger partial charge in [-0.2, -0.15) is 0 Å². The van der Waals surface area contributed by atoms with Crippen molar-refractivity contribution in [2.75, 3.05) is 31.1 Å². The van der Waals surface area contributed by atoms with Gasteiger partial charge < -0.3 is 4.90 Å². The molecule has 2 aromatic rings. The van der Waals surface area contributed by atoms with Crippen molar-refractivity contribution in [1.29, 1.82) is 0 Å². The van der Waals surface area contributed by atoms with Gasteiger partial charge in [0.15, 0.2) is 5.13 Å². The molecular formula is C15H18FN3S. The van der Waals surface area contributed by atoms with Crippen LogP contribution in [0.25, 0.3) is 0 Å². The van der Waals surface area contributed by atoms with Crippen LogP contribution in [0, 0.1) is 5.82 Å². The van der Waals surface area contributed by atoms with E-state index in [0.29, 0.717) is 6.04 Å². The van der Waals surface area contributed by atoms with Gasteiger partial charge in [0.05, 0.1) is 0 Å². The lowest BCUT2D eigenvalue weighted by atomic mass is 10.1. The fraction of sp³-hybridized carbons (Fsp3) is 0.400. The van der Waals surface area contributed by atoms with Gasteiger partial charge in [0, 0.05) is 43.8 Å². The summed E-state index contributed by atoms with van der Waals surface area (Å²) in [5.41, 5.74) is 1.18. The molecule has 3 rings (SSSR count). The van der Waals surface area contributed by atoms with Gasteiger partial charge in [-0.25, -0.2) is 9.37 Å².